The number of fused-ring (bicyclic) bond motifs is 1. The average molecular weight is 238 g/mol. The molecule has 3 heteroatoms. The predicted octanol–water partition coefficient (Wildman–Crippen LogP) is 2.27. The Hall–Kier alpha value is -0.570. The molecule has 0 aromatic carbocycles. The molecule has 2 N–H and O–H groups in total. The molecule has 98 valence electrons. The summed E-state index contributed by atoms with van der Waals surface area (Å²) in [5.74, 6) is 1.84. The van der Waals surface area contributed by atoms with Crippen LogP contribution in [0.4, 0.5) is 0 Å². The first-order valence-corrected chi connectivity index (χ1v) is 7.01. The lowest BCUT2D eigenvalue weighted by Crippen LogP contribution is -2.55. The van der Waals surface area contributed by atoms with E-state index in [9.17, 15) is 4.79 Å². The van der Waals surface area contributed by atoms with Crippen molar-refractivity contribution in [1.82, 2.24) is 10.6 Å². The molecule has 2 unspecified atom stereocenters. The summed E-state index contributed by atoms with van der Waals surface area (Å²) in [6.07, 6.45) is 6.81. The second kappa shape index (κ2) is 4.97. The molecule has 1 aliphatic carbocycles. The number of piperidine rings is 1. The Balaban J connectivity index is 1.86. The molecule has 3 nitrogen and oxygen atoms in total. The van der Waals surface area contributed by atoms with Gasteiger partial charge in [0, 0.05) is 12.0 Å². The Kier molecular flexibility index (Phi) is 3.76. The molecular weight excluding hydrogens is 212 g/mol. The van der Waals surface area contributed by atoms with Crippen LogP contribution < -0.4 is 10.6 Å². The van der Waals surface area contributed by atoms with Gasteiger partial charge >= 0.3 is 0 Å². The van der Waals surface area contributed by atoms with E-state index < -0.39 is 0 Å². The van der Waals surface area contributed by atoms with Gasteiger partial charge in [-0.15, -0.1) is 0 Å². The number of nitrogens with one attached hydrogen (secondary N) is 2. The molecule has 2 aliphatic rings. The van der Waals surface area contributed by atoms with Crippen LogP contribution in [0.3, 0.4) is 0 Å². The number of hydrogen-bond donors (Lipinski definition) is 2. The van der Waals surface area contributed by atoms with Crippen molar-refractivity contribution in [2.45, 2.75) is 59.0 Å². The van der Waals surface area contributed by atoms with Gasteiger partial charge < -0.3 is 5.32 Å². The van der Waals surface area contributed by atoms with Crippen LogP contribution in [0.15, 0.2) is 0 Å². The van der Waals surface area contributed by atoms with Crippen molar-refractivity contribution in [1.29, 1.82) is 0 Å². The topological polar surface area (TPSA) is 41.1 Å². The molecule has 0 aromatic rings. The third-order valence-electron chi connectivity index (χ3n) is 4.22. The second-order valence-electron chi connectivity index (χ2n) is 6.72. The zero-order chi connectivity index (χ0) is 12.5. The predicted molar refractivity (Wildman–Crippen MR) is 69.5 cm³/mol. The van der Waals surface area contributed by atoms with Gasteiger partial charge in [-0.1, -0.05) is 40.0 Å². The smallest absolute Gasteiger partial charge is 0.226 e. The molecule has 1 aliphatic heterocycles. The largest absolute Gasteiger partial charge is 0.340 e. The molecular formula is C14H26N2O. The van der Waals surface area contributed by atoms with Crippen molar-refractivity contribution in [2.24, 2.45) is 17.3 Å². The Bertz CT molecular complexity index is 282. The van der Waals surface area contributed by atoms with E-state index in [4.69, 9.17) is 0 Å². The van der Waals surface area contributed by atoms with Gasteiger partial charge in [0.25, 0.3) is 0 Å². The van der Waals surface area contributed by atoms with Crippen molar-refractivity contribution in [2.75, 3.05) is 6.54 Å². The summed E-state index contributed by atoms with van der Waals surface area (Å²) in [5.41, 5.74) is -0.287. The molecule has 0 radical (unpaired) electrons. The summed E-state index contributed by atoms with van der Waals surface area (Å²) in [5, 5.41) is 6.63. The standard InChI is InChI=1S/C14H26N2O/c1-14(2,3)13(17)16-12-8-10-6-4-5-7-11(10)9-15-12/h10-12,15H,4-9H2,1-3H3,(H,16,17)/t10?,11?,12-/m0/s1. The van der Waals surface area contributed by atoms with E-state index >= 15 is 0 Å². The quantitative estimate of drug-likeness (QED) is 0.736. The SMILES string of the molecule is CC(C)(C)C(=O)N[C@H]1CC2CCCCC2CN1. The molecule has 0 bridgehead atoms. The van der Waals surface area contributed by atoms with E-state index in [1.54, 1.807) is 0 Å². The fourth-order valence-electron chi connectivity index (χ4n) is 3.03. The van der Waals surface area contributed by atoms with Crippen molar-refractivity contribution >= 4 is 5.91 Å². The van der Waals surface area contributed by atoms with E-state index in [-0.39, 0.29) is 17.5 Å². The summed E-state index contributed by atoms with van der Waals surface area (Å²) < 4.78 is 0. The van der Waals surface area contributed by atoms with E-state index in [0.717, 1.165) is 24.8 Å². The fraction of sp³-hybridized carbons (Fsp3) is 0.929. The lowest BCUT2D eigenvalue weighted by molar-refractivity contribution is -0.130. The van der Waals surface area contributed by atoms with E-state index in [0.29, 0.717) is 0 Å². The van der Waals surface area contributed by atoms with Crippen LogP contribution in [0, 0.1) is 17.3 Å². The van der Waals surface area contributed by atoms with Crippen LogP contribution in [0.2, 0.25) is 0 Å². The van der Waals surface area contributed by atoms with E-state index in [1.807, 2.05) is 20.8 Å². The highest BCUT2D eigenvalue weighted by molar-refractivity contribution is 5.81. The van der Waals surface area contributed by atoms with Gasteiger partial charge in [0.15, 0.2) is 0 Å². The van der Waals surface area contributed by atoms with Crippen molar-refractivity contribution in [3.8, 4) is 0 Å². The molecule has 1 saturated heterocycles. The number of amides is 1. The second-order valence-corrected chi connectivity index (χ2v) is 6.72. The molecule has 2 rings (SSSR count). The Morgan fingerprint density at radius 1 is 1.18 bits per heavy atom. The van der Waals surface area contributed by atoms with Crippen molar-refractivity contribution in [3.05, 3.63) is 0 Å². The minimum absolute atomic E-state index is 0.157. The summed E-state index contributed by atoms with van der Waals surface area (Å²) in [4.78, 5) is 11.9. The van der Waals surface area contributed by atoms with Crippen LogP contribution >= 0.6 is 0 Å². The van der Waals surface area contributed by atoms with Gasteiger partial charge in [0.2, 0.25) is 5.91 Å². The number of hydrogen-bond acceptors (Lipinski definition) is 2. The van der Waals surface area contributed by atoms with Crippen molar-refractivity contribution in [3.63, 3.8) is 0 Å². The van der Waals surface area contributed by atoms with Crippen LogP contribution in [-0.2, 0) is 4.79 Å². The first-order chi connectivity index (χ1) is 7.97. The first kappa shape index (κ1) is 12.9. The number of carbonyl (C=O) groups excluding carboxylic acids is 1. The zero-order valence-electron chi connectivity index (χ0n) is 11.4. The van der Waals surface area contributed by atoms with Gasteiger partial charge in [-0.3, -0.25) is 10.1 Å². The highest BCUT2D eigenvalue weighted by atomic mass is 16.2. The van der Waals surface area contributed by atoms with Gasteiger partial charge in [-0.2, -0.15) is 0 Å². The zero-order valence-corrected chi connectivity index (χ0v) is 11.4. The minimum atomic E-state index is -0.287. The van der Waals surface area contributed by atoms with Gasteiger partial charge in [-0.05, 0) is 24.7 Å². The molecule has 1 amide bonds. The monoisotopic (exact) mass is 238 g/mol. The van der Waals surface area contributed by atoms with Gasteiger partial charge in [0.05, 0.1) is 6.17 Å². The lowest BCUT2D eigenvalue weighted by atomic mass is 9.75. The summed E-state index contributed by atoms with van der Waals surface area (Å²) in [6.45, 7) is 6.98. The maximum Gasteiger partial charge on any atom is 0.226 e. The molecule has 17 heavy (non-hydrogen) atoms. The average Bonchev–Trinajstić information content (AvgIpc) is 2.27. The third-order valence-corrected chi connectivity index (χ3v) is 4.22. The maximum atomic E-state index is 11.9. The minimum Gasteiger partial charge on any atom is -0.340 e. The Morgan fingerprint density at radius 3 is 2.47 bits per heavy atom. The molecule has 3 atom stereocenters. The molecule has 1 heterocycles. The van der Waals surface area contributed by atoms with Crippen molar-refractivity contribution < 1.29 is 4.79 Å². The van der Waals surface area contributed by atoms with E-state index in [2.05, 4.69) is 10.6 Å². The molecule has 2 fully saturated rings. The first-order valence-electron chi connectivity index (χ1n) is 7.01. The van der Waals surface area contributed by atoms with Crippen LogP contribution in [-0.4, -0.2) is 18.6 Å². The number of carbonyl (C=O) groups is 1. The molecule has 1 saturated carbocycles. The molecule has 0 aromatic heterocycles. The summed E-state index contributed by atoms with van der Waals surface area (Å²) in [7, 11) is 0. The summed E-state index contributed by atoms with van der Waals surface area (Å²) in [6, 6.07) is 0. The third kappa shape index (κ3) is 3.21. The normalized spacial score (nSPS) is 33.9. The fourth-order valence-corrected chi connectivity index (χ4v) is 3.03. The Labute approximate surface area is 105 Å². The Morgan fingerprint density at radius 2 is 1.82 bits per heavy atom. The van der Waals surface area contributed by atoms with Crippen LogP contribution in [0.1, 0.15) is 52.9 Å². The van der Waals surface area contributed by atoms with Gasteiger partial charge in [0.1, 0.15) is 0 Å². The lowest BCUT2D eigenvalue weighted by Gasteiger charge is -2.40. The van der Waals surface area contributed by atoms with Gasteiger partial charge in [-0.25, -0.2) is 0 Å². The highest BCUT2D eigenvalue weighted by Gasteiger charge is 2.33. The molecule has 0 spiro atoms. The van der Waals surface area contributed by atoms with Crippen LogP contribution in [0.5, 0.6) is 0 Å². The summed E-state index contributed by atoms with van der Waals surface area (Å²) >= 11 is 0. The van der Waals surface area contributed by atoms with E-state index in [1.165, 1.54) is 25.7 Å². The maximum absolute atomic E-state index is 11.9. The van der Waals surface area contributed by atoms with Crippen LogP contribution in [0.25, 0.3) is 0 Å². The highest BCUT2D eigenvalue weighted by Crippen LogP contribution is 2.35. The number of rotatable bonds is 1.